The van der Waals surface area contributed by atoms with E-state index in [0.29, 0.717) is 17.2 Å². The normalized spacial score (nSPS) is 16.3. The second-order valence-electron chi connectivity index (χ2n) is 3.72. The zero-order chi connectivity index (χ0) is 10.3. The molecule has 3 N–H and O–H groups in total. The number of aliphatic hydroxyl groups excluding tert-OH is 1. The van der Waals surface area contributed by atoms with Gasteiger partial charge >= 0.3 is 0 Å². The Morgan fingerprint density at radius 2 is 2.07 bits per heavy atom. The van der Waals surface area contributed by atoms with Gasteiger partial charge in [-0.15, -0.1) is 0 Å². The van der Waals surface area contributed by atoms with Gasteiger partial charge in [0.25, 0.3) is 0 Å². The third kappa shape index (κ3) is 1.58. The summed E-state index contributed by atoms with van der Waals surface area (Å²) in [5.74, 6) is 0.351. The molecule has 1 aliphatic carbocycles. The second-order valence-corrected chi connectivity index (χ2v) is 3.72. The highest BCUT2D eigenvalue weighted by atomic mass is 16.5. The summed E-state index contributed by atoms with van der Waals surface area (Å²) < 4.78 is 0. The van der Waals surface area contributed by atoms with E-state index in [1.165, 1.54) is 6.07 Å². The first-order valence-corrected chi connectivity index (χ1v) is 4.66. The van der Waals surface area contributed by atoms with Crippen LogP contribution in [0.4, 0.5) is 0 Å². The number of aromatic hydroxyl groups is 1. The Bertz CT molecular complexity index is 332. The molecule has 14 heavy (non-hydrogen) atoms. The lowest BCUT2D eigenvalue weighted by Crippen LogP contribution is -2.03. The third-order valence-corrected chi connectivity index (χ3v) is 2.49. The maximum absolute atomic E-state index is 9.39. The number of aryl methyl sites for hydroxylation is 1. The van der Waals surface area contributed by atoms with Crippen molar-refractivity contribution in [1.82, 2.24) is 4.98 Å². The Hall–Kier alpha value is -1.13. The van der Waals surface area contributed by atoms with Gasteiger partial charge in [0, 0.05) is 11.5 Å². The molecule has 0 radical (unpaired) electrons. The quantitative estimate of drug-likeness (QED) is 0.614. The molecule has 0 aliphatic heterocycles. The van der Waals surface area contributed by atoms with Gasteiger partial charge in [-0.25, -0.2) is 0 Å². The van der Waals surface area contributed by atoms with Gasteiger partial charge in [-0.1, -0.05) is 0 Å². The molecule has 4 nitrogen and oxygen atoms in total. The first-order chi connectivity index (χ1) is 6.59. The third-order valence-electron chi connectivity index (χ3n) is 2.49. The molecule has 1 saturated carbocycles. The number of aromatic nitrogens is 1. The fourth-order valence-electron chi connectivity index (χ4n) is 1.52. The van der Waals surface area contributed by atoms with Crippen LogP contribution in [0.2, 0.25) is 0 Å². The topological polar surface area (TPSA) is 73.6 Å². The predicted octanol–water partition coefficient (Wildman–Crippen LogP) is 0.956. The molecular formula is C10H13NO3. The predicted molar refractivity (Wildman–Crippen MR) is 49.8 cm³/mol. The van der Waals surface area contributed by atoms with Crippen LogP contribution in [0.15, 0.2) is 6.07 Å². The standard InChI is InChI=1S/C10H13NO3/c1-5-8(12)4-7(10(13)14)9(11-5)6-2-3-6/h4,6,10,12-14H,2-3H2,1H3. The molecule has 0 bridgehead atoms. The lowest BCUT2D eigenvalue weighted by molar-refractivity contribution is -0.0435. The fourth-order valence-corrected chi connectivity index (χ4v) is 1.52. The van der Waals surface area contributed by atoms with Crippen LogP contribution in [0.25, 0.3) is 0 Å². The molecule has 1 aromatic rings. The summed E-state index contributed by atoms with van der Waals surface area (Å²) in [4.78, 5) is 4.19. The van der Waals surface area contributed by atoms with Crippen molar-refractivity contribution >= 4 is 0 Å². The van der Waals surface area contributed by atoms with E-state index in [0.717, 1.165) is 18.5 Å². The maximum Gasteiger partial charge on any atom is 0.180 e. The van der Waals surface area contributed by atoms with Crippen molar-refractivity contribution in [3.63, 3.8) is 0 Å². The minimum Gasteiger partial charge on any atom is -0.506 e. The summed E-state index contributed by atoms with van der Waals surface area (Å²) in [7, 11) is 0. The zero-order valence-corrected chi connectivity index (χ0v) is 7.94. The molecular weight excluding hydrogens is 182 g/mol. The van der Waals surface area contributed by atoms with E-state index in [2.05, 4.69) is 4.98 Å². The average molecular weight is 195 g/mol. The van der Waals surface area contributed by atoms with Gasteiger partial charge in [0.05, 0.1) is 11.4 Å². The van der Waals surface area contributed by atoms with Crippen molar-refractivity contribution in [2.24, 2.45) is 0 Å². The van der Waals surface area contributed by atoms with Crippen LogP contribution < -0.4 is 0 Å². The van der Waals surface area contributed by atoms with E-state index in [-0.39, 0.29) is 5.75 Å². The summed E-state index contributed by atoms with van der Waals surface area (Å²) in [6.45, 7) is 1.70. The van der Waals surface area contributed by atoms with Crippen LogP contribution in [0.5, 0.6) is 5.75 Å². The molecule has 1 aliphatic rings. The lowest BCUT2D eigenvalue weighted by atomic mass is 10.1. The summed E-state index contributed by atoms with van der Waals surface area (Å²) in [5, 5.41) is 27.6. The first kappa shape index (κ1) is 9.43. The van der Waals surface area contributed by atoms with Crippen LogP contribution in [-0.2, 0) is 0 Å². The number of pyridine rings is 1. The van der Waals surface area contributed by atoms with E-state index in [1.54, 1.807) is 6.92 Å². The molecule has 2 rings (SSSR count). The van der Waals surface area contributed by atoms with Crippen molar-refractivity contribution in [3.05, 3.63) is 23.0 Å². The lowest BCUT2D eigenvalue weighted by Gasteiger charge is -2.11. The highest BCUT2D eigenvalue weighted by Crippen LogP contribution is 2.42. The van der Waals surface area contributed by atoms with Crippen molar-refractivity contribution < 1.29 is 15.3 Å². The van der Waals surface area contributed by atoms with Gasteiger partial charge in [-0.05, 0) is 25.8 Å². The van der Waals surface area contributed by atoms with Gasteiger partial charge < -0.3 is 15.3 Å². The minimum atomic E-state index is -1.55. The summed E-state index contributed by atoms with van der Waals surface area (Å²) in [5.41, 5.74) is 1.59. The van der Waals surface area contributed by atoms with Gasteiger partial charge in [0.15, 0.2) is 6.29 Å². The molecule has 4 heteroatoms. The van der Waals surface area contributed by atoms with Crippen molar-refractivity contribution in [2.45, 2.75) is 32.0 Å². The monoisotopic (exact) mass is 195 g/mol. The van der Waals surface area contributed by atoms with Gasteiger partial charge in [0.2, 0.25) is 0 Å². The Labute approximate surface area is 81.9 Å². The Kier molecular flexibility index (Phi) is 2.17. The molecule has 0 unspecified atom stereocenters. The van der Waals surface area contributed by atoms with Crippen LogP contribution in [0.3, 0.4) is 0 Å². The van der Waals surface area contributed by atoms with E-state index in [9.17, 15) is 5.11 Å². The number of hydrogen-bond donors (Lipinski definition) is 3. The Morgan fingerprint density at radius 1 is 1.43 bits per heavy atom. The number of rotatable bonds is 2. The molecule has 0 amide bonds. The highest BCUT2D eigenvalue weighted by Gasteiger charge is 2.29. The van der Waals surface area contributed by atoms with E-state index in [1.807, 2.05) is 0 Å². The van der Waals surface area contributed by atoms with Gasteiger partial charge in [0.1, 0.15) is 5.75 Å². The SMILES string of the molecule is Cc1nc(C2CC2)c(C(O)O)cc1O. The summed E-state index contributed by atoms with van der Waals surface area (Å²) in [6.07, 6.45) is 0.526. The van der Waals surface area contributed by atoms with E-state index >= 15 is 0 Å². The average Bonchev–Trinajstić information content (AvgIpc) is 2.91. The highest BCUT2D eigenvalue weighted by molar-refractivity contribution is 5.37. The second kappa shape index (κ2) is 3.22. The zero-order valence-electron chi connectivity index (χ0n) is 7.94. The fraction of sp³-hybridized carbons (Fsp3) is 0.500. The molecule has 0 saturated heterocycles. The number of aliphatic hydroxyl groups is 2. The van der Waals surface area contributed by atoms with Crippen molar-refractivity contribution in [1.29, 1.82) is 0 Å². The molecule has 0 aromatic carbocycles. The molecule has 1 fully saturated rings. The van der Waals surface area contributed by atoms with Crippen LogP contribution in [-0.4, -0.2) is 20.3 Å². The largest absolute Gasteiger partial charge is 0.506 e. The van der Waals surface area contributed by atoms with Crippen molar-refractivity contribution in [3.8, 4) is 5.75 Å². The number of nitrogens with zero attached hydrogens (tertiary/aromatic N) is 1. The summed E-state index contributed by atoms with van der Waals surface area (Å²) >= 11 is 0. The number of hydrogen-bond acceptors (Lipinski definition) is 4. The molecule has 76 valence electrons. The van der Waals surface area contributed by atoms with Crippen LogP contribution in [0.1, 0.15) is 42.0 Å². The first-order valence-electron chi connectivity index (χ1n) is 4.66. The Morgan fingerprint density at radius 3 is 2.57 bits per heavy atom. The van der Waals surface area contributed by atoms with Crippen LogP contribution in [0, 0.1) is 6.92 Å². The van der Waals surface area contributed by atoms with Gasteiger partial charge in [-0.3, -0.25) is 4.98 Å². The molecule has 0 spiro atoms. The molecule has 1 aromatic heterocycles. The maximum atomic E-state index is 9.39. The molecule has 1 heterocycles. The molecule has 0 atom stereocenters. The van der Waals surface area contributed by atoms with Crippen molar-refractivity contribution in [2.75, 3.05) is 0 Å². The van der Waals surface area contributed by atoms with Gasteiger partial charge in [-0.2, -0.15) is 0 Å². The summed E-state index contributed by atoms with van der Waals surface area (Å²) in [6, 6.07) is 1.39. The van der Waals surface area contributed by atoms with Crippen LogP contribution >= 0.6 is 0 Å². The Balaban J connectivity index is 2.49. The smallest absolute Gasteiger partial charge is 0.180 e. The van der Waals surface area contributed by atoms with E-state index < -0.39 is 6.29 Å². The minimum absolute atomic E-state index is 0.0116. The van der Waals surface area contributed by atoms with E-state index in [4.69, 9.17) is 10.2 Å².